The fraction of sp³-hybridized carbons (Fsp3) is 0.0333. The van der Waals surface area contributed by atoms with Crippen LogP contribution in [0.2, 0.25) is 5.02 Å². The molecular formula is C30H20ClNO. The SMILES string of the molecule is Cc1ccc(-c2ccccc2)cc1-c1cc(-c2cccc3c2oc2ccccc23)ncc1Cl. The summed E-state index contributed by atoms with van der Waals surface area (Å²) in [6.45, 7) is 2.11. The van der Waals surface area contributed by atoms with Crippen molar-refractivity contribution in [3.63, 3.8) is 0 Å². The number of aromatic nitrogens is 1. The zero-order chi connectivity index (χ0) is 22.4. The number of hydrogen-bond donors (Lipinski definition) is 0. The van der Waals surface area contributed by atoms with Gasteiger partial charge in [0, 0.05) is 28.1 Å². The third kappa shape index (κ3) is 3.40. The first kappa shape index (κ1) is 19.8. The predicted molar refractivity (Wildman–Crippen MR) is 138 cm³/mol. The summed E-state index contributed by atoms with van der Waals surface area (Å²) in [6, 6.07) is 33.3. The Hall–Kier alpha value is -3.88. The van der Waals surface area contributed by atoms with Gasteiger partial charge in [-0.1, -0.05) is 84.4 Å². The Bertz CT molecular complexity index is 1630. The number of fused-ring (bicyclic) bond motifs is 3. The van der Waals surface area contributed by atoms with Gasteiger partial charge in [-0.25, -0.2) is 0 Å². The minimum atomic E-state index is 0.629. The van der Waals surface area contributed by atoms with E-state index in [4.69, 9.17) is 16.0 Å². The lowest BCUT2D eigenvalue weighted by Gasteiger charge is -2.13. The monoisotopic (exact) mass is 445 g/mol. The number of rotatable bonds is 3. The molecule has 6 rings (SSSR count). The Morgan fingerprint density at radius 2 is 1.45 bits per heavy atom. The summed E-state index contributed by atoms with van der Waals surface area (Å²) < 4.78 is 6.24. The van der Waals surface area contributed by atoms with Crippen molar-refractivity contribution in [2.75, 3.05) is 0 Å². The van der Waals surface area contributed by atoms with Crippen LogP contribution in [-0.2, 0) is 0 Å². The van der Waals surface area contributed by atoms with Crippen LogP contribution in [0.5, 0.6) is 0 Å². The zero-order valence-electron chi connectivity index (χ0n) is 18.0. The molecule has 0 spiro atoms. The molecule has 4 aromatic carbocycles. The second kappa shape index (κ2) is 7.91. The molecule has 0 N–H and O–H groups in total. The lowest BCUT2D eigenvalue weighted by atomic mass is 9.94. The van der Waals surface area contributed by atoms with E-state index in [1.807, 2.05) is 24.3 Å². The van der Waals surface area contributed by atoms with Gasteiger partial charge in [0.15, 0.2) is 0 Å². The van der Waals surface area contributed by atoms with Crippen molar-refractivity contribution >= 4 is 33.5 Å². The molecule has 2 heterocycles. The van der Waals surface area contributed by atoms with Crippen LogP contribution in [0.3, 0.4) is 0 Å². The van der Waals surface area contributed by atoms with Crippen LogP contribution < -0.4 is 0 Å². The van der Waals surface area contributed by atoms with E-state index < -0.39 is 0 Å². The second-order valence-corrected chi connectivity index (χ2v) is 8.63. The average Bonchev–Trinajstić information content (AvgIpc) is 3.24. The van der Waals surface area contributed by atoms with Crippen molar-refractivity contribution in [3.05, 3.63) is 114 Å². The van der Waals surface area contributed by atoms with Crippen molar-refractivity contribution in [2.24, 2.45) is 0 Å². The number of halogens is 1. The normalized spacial score (nSPS) is 11.3. The second-order valence-electron chi connectivity index (χ2n) is 8.23. The van der Waals surface area contributed by atoms with Gasteiger partial charge in [-0.2, -0.15) is 0 Å². The number of aryl methyl sites for hydroxylation is 1. The molecule has 0 saturated carbocycles. The van der Waals surface area contributed by atoms with Crippen LogP contribution in [0.1, 0.15) is 5.56 Å². The van der Waals surface area contributed by atoms with Crippen LogP contribution in [-0.4, -0.2) is 4.98 Å². The van der Waals surface area contributed by atoms with Crippen LogP contribution in [0.15, 0.2) is 108 Å². The lowest BCUT2D eigenvalue weighted by molar-refractivity contribution is 0.670. The smallest absolute Gasteiger partial charge is 0.144 e. The van der Waals surface area contributed by atoms with Crippen molar-refractivity contribution < 1.29 is 4.42 Å². The van der Waals surface area contributed by atoms with E-state index >= 15 is 0 Å². The summed E-state index contributed by atoms with van der Waals surface area (Å²) in [7, 11) is 0. The quantitative estimate of drug-likeness (QED) is 0.271. The molecule has 33 heavy (non-hydrogen) atoms. The Labute approximate surface area is 197 Å². The molecule has 0 aliphatic heterocycles. The minimum Gasteiger partial charge on any atom is -0.455 e. The van der Waals surface area contributed by atoms with Crippen LogP contribution in [0.25, 0.3) is 55.4 Å². The molecule has 0 fully saturated rings. The summed E-state index contributed by atoms with van der Waals surface area (Å²) in [5.41, 5.74) is 9.07. The van der Waals surface area contributed by atoms with Crippen LogP contribution in [0, 0.1) is 6.92 Å². The van der Waals surface area contributed by atoms with Crippen molar-refractivity contribution in [1.29, 1.82) is 0 Å². The van der Waals surface area contributed by atoms with Crippen molar-refractivity contribution in [2.45, 2.75) is 6.92 Å². The largest absolute Gasteiger partial charge is 0.455 e. The number of furan rings is 1. The van der Waals surface area contributed by atoms with Gasteiger partial charge in [-0.15, -0.1) is 0 Å². The molecule has 0 saturated heterocycles. The predicted octanol–water partition coefficient (Wildman–Crippen LogP) is 8.94. The van der Waals surface area contributed by atoms with Gasteiger partial charge in [-0.3, -0.25) is 4.98 Å². The van der Waals surface area contributed by atoms with E-state index in [9.17, 15) is 0 Å². The van der Waals surface area contributed by atoms with Gasteiger partial charge in [0.2, 0.25) is 0 Å². The van der Waals surface area contributed by atoms with Gasteiger partial charge in [0.05, 0.1) is 10.7 Å². The summed E-state index contributed by atoms with van der Waals surface area (Å²) in [4.78, 5) is 4.67. The van der Waals surface area contributed by atoms with Crippen LogP contribution >= 0.6 is 11.6 Å². The number of pyridine rings is 1. The number of para-hydroxylation sites is 2. The third-order valence-corrected chi connectivity index (χ3v) is 6.47. The highest BCUT2D eigenvalue weighted by atomic mass is 35.5. The molecule has 0 bridgehead atoms. The van der Waals surface area contributed by atoms with E-state index in [0.717, 1.165) is 55.4 Å². The summed E-state index contributed by atoms with van der Waals surface area (Å²) in [6.07, 6.45) is 1.74. The van der Waals surface area contributed by atoms with Crippen molar-refractivity contribution in [1.82, 2.24) is 4.98 Å². The summed E-state index contributed by atoms with van der Waals surface area (Å²) in [5, 5.41) is 2.82. The molecule has 0 aliphatic rings. The maximum atomic E-state index is 6.69. The molecular weight excluding hydrogens is 426 g/mol. The molecule has 0 radical (unpaired) electrons. The standard InChI is InChI=1S/C30H20ClNO/c1-19-14-15-21(20-8-3-2-4-9-20)16-25(19)26-17-28(32-18-27(26)31)24-12-7-11-23-22-10-5-6-13-29(22)33-30(23)24/h2-18H,1H3. The topological polar surface area (TPSA) is 26.0 Å². The molecule has 6 aromatic rings. The maximum absolute atomic E-state index is 6.69. The maximum Gasteiger partial charge on any atom is 0.144 e. The molecule has 158 valence electrons. The average molecular weight is 446 g/mol. The molecule has 2 nitrogen and oxygen atoms in total. The number of nitrogens with zero attached hydrogens (tertiary/aromatic N) is 1. The van der Waals surface area contributed by atoms with Crippen LogP contribution in [0.4, 0.5) is 0 Å². The highest BCUT2D eigenvalue weighted by molar-refractivity contribution is 6.33. The minimum absolute atomic E-state index is 0.629. The zero-order valence-corrected chi connectivity index (χ0v) is 18.8. The van der Waals surface area contributed by atoms with E-state index in [-0.39, 0.29) is 0 Å². The summed E-state index contributed by atoms with van der Waals surface area (Å²) in [5.74, 6) is 0. The first-order valence-electron chi connectivity index (χ1n) is 10.9. The van der Waals surface area contributed by atoms with Gasteiger partial charge >= 0.3 is 0 Å². The number of hydrogen-bond acceptors (Lipinski definition) is 2. The van der Waals surface area contributed by atoms with Gasteiger partial charge in [0.25, 0.3) is 0 Å². The van der Waals surface area contributed by atoms with Crippen molar-refractivity contribution in [3.8, 4) is 33.5 Å². The number of benzene rings is 4. The fourth-order valence-electron chi connectivity index (χ4n) is 4.46. The molecule has 2 aromatic heterocycles. The molecule has 0 amide bonds. The Morgan fingerprint density at radius 3 is 2.33 bits per heavy atom. The summed E-state index contributed by atoms with van der Waals surface area (Å²) >= 11 is 6.69. The van der Waals surface area contributed by atoms with E-state index in [1.165, 1.54) is 5.56 Å². The first-order chi connectivity index (χ1) is 16.2. The third-order valence-electron chi connectivity index (χ3n) is 6.17. The Morgan fingerprint density at radius 1 is 0.667 bits per heavy atom. The molecule has 0 atom stereocenters. The van der Waals surface area contributed by atoms with E-state index in [2.05, 4.69) is 84.7 Å². The van der Waals surface area contributed by atoms with Gasteiger partial charge < -0.3 is 4.42 Å². The fourth-order valence-corrected chi connectivity index (χ4v) is 4.67. The Kier molecular flexibility index (Phi) is 4.74. The highest BCUT2D eigenvalue weighted by Crippen LogP contribution is 2.39. The first-order valence-corrected chi connectivity index (χ1v) is 11.3. The van der Waals surface area contributed by atoms with E-state index in [0.29, 0.717) is 5.02 Å². The van der Waals surface area contributed by atoms with Gasteiger partial charge in [-0.05, 0) is 53.4 Å². The molecule has 3 heteroatoms. The van der Waals surface area contributed by atoms with Gasteiger partial charge in [0.1, 0.15) is 11.2 Å². The highest BCUT2D eigenvalue weighted by Gasteiger charge is 2.16. The molecule has 0 unspecified atom stereocenters. The molecule has 0 aliphatic carbocycles. The Balaban J connectivity index is 1.53. The lowest BCUT2D eigenvalue weighted by Crippen LogP contribution is -1.91. The van der Waals surface area contributed by atoms with E-state index in [1.54, 1.807) is 6.20 Å².